The zero-order valence-electron chi connectivity index (χ0n) is 15.5. The van der Waals surface area contributed by atoms with E-state index < -0.39 is 5.97 Å². The quantitative estimate of drug-likeness (QED) is 0.729. The molecule has 0 aliphatic heterocycles. The first-order chi connectivity index (χ1) is 12.5. The summed E-state index contributed by atoms with van der Waals surface area (Å²) in [4.78, 5) is 23.8. The molecule has 5 nitrogen and oxygen atoms in total. The van der Waals surface area contributed by atoms with Crippen molar-refractivity contribution in [1.29, 1.82) is 0 Å². The molecule has 0 bridgehead atoms. The number of anilines is 1. The van der Waals surface area contributed by atoms with Crippen molar-refractivity contribution < 1.29 is 19.1 Å². The van der Waals surface area contributed by atoms with E-state index in [0.717, 1.165) is 11.3 Å². The molecule has 0 aliphatic rings. The second-order valence-corrected chi connectivity index (χ2v) is 6.30. The summed E-state index contributed by atoms with van der Waals surface area (Å²) in [6, 6.07) is 15.1. The van der Waals surface area contributed by atoms with Crippen molar-refractivity contribution in [1.82, 2.24) is 0 Å². The van der Waals surface area contributed by atoms with Crippen LogP contribution in [0.15, 0.2) is 48.5 Å². The first kappa shape index (κ1) is 19.5. The average Bonchev–Trinajstić information content (AvgIpc) is 2.65. The van der Waals surface area contributed by atoms with Gasteiger partial charge in [-0.25, -0.2) is 0 Å². The van der Waals surface area contributed by atoms with Gasteiger partial charge in [-0.1, -0.05) is 44.2 Å². The molecule has 0 saturated heterocycles. The first-order valence-corrected chi connectivity index (χ1v) is 8.67. The fourth-order valence-corrected chi connectivity index (χ4v) is 2.51. The van der Waals surface area contributed by atoms with Gasteiger partial charge >= 0.3 is 5.97 Å². The van der Waals surface area contributed by atoms with Crippen LogP contribution in [0.5, 0.6) is 5.75 Å². The molecule has 0 aliphatic carbocycles. The van der Waals surface area contributed by atoms with Crippen molar-refractivity contribution >= 4 is 17.6 Å². The minimum Gasteiger partial charge on any atom is -0.496 e. The van der Waals surface area contributed by atoms with E-state index >= 15 is 0 Å². The molecule has 1 N–H and O–H groups in total. The number of nitrogens with one attached hydrogen (secondary N) is 1. The number of amides is 1. The summed E-state index contributed by atoms with van der Waals surface area (Å²) < 4.78 is 10.3. The van der Waals surface area contributed by atoms with Crippen molar-refractivity contribution in [2.45, 2.75) is 32.6 Å². The number of methoxy groups -OCH3 is 1. The lowest BCUT2D eigenvalue weighted by atomic mass is 10.0. The molecule has 0 saturated carbocycles. The highest BCUT2D eigenvalue weighted by Crippen LogP contribution is 2.19. The molecule has 0 fully saturated rings. The van der Waals surface area contributed by atoms with Gasteiger partial charge in [0.2, 0.25) is 0 Å². The van der Waals surface area contributed by atoms with Crippen LogP contribution in [0.1, 0.15) is 37.3 Å². The monoisotopic (exact) mass is 355 g/mol. The molecular weight excluding hydrogens is 330 g/mol. The van der Waals surface area contributed by atoms with Crippen LogP contribution in [0.3, 0.4) is 0 Å². The number of ether oxygens (including phenoxy) is 2. The Morgan fingerprint density at radius 1 is 1.04 bits per heavy atom. The van der Waals surface area contributed by atoms with Gasteiger partial charge in [-0.2, -0.15) is 0 Å². The maximum Gasteiger partial charge on any atom is 0.306 e. The van der Waals surface area contributed by atoms with Crippen LogP contribution in [0, 0.1) is 0 Å². The highest BCUT2D eigenvalue weighted by atomic mass is 16.5. The molecule has 5 heteroatoms. The number of benzene rings is 2. The van der Waals surface area contributed by atoms with E-state index in [9.17, 15) is 9.59 Å². The van der Waals surface area contributed by atoms with E-state index in [2.05, 4.69) is 19.2 Å². The summed E-state index contributed by atoms with van der Waals surface area (Å²) >= 11 is 0. The molecule has 2 aromatic carbocycles. The minimum atomic E-state index is -0.416. The van der Waals surface area contributed by atoms with E-state index in [1.807, 2.05) is 48.5 Å². The van der Waals surface area contributed by atoms with Crippen LogP contribution in [0.4, 0.5) is 5.69 Å². The SMILES string of the molecule is COc1ccccc1CCC(=O)OCC(=O)Nc1ccc(C(C)C)cc1. The second kappa shape index (κ2) is 9.61. The number of carbonyl (C=O) groups is 2. The molecule has 0 radical (unpaired) electrons. The fraction of sp³-hybridized carbons (Fsp3) is 0.333. The molecule has 0 spiro atoms. The molecule has 26 heavy (non-hydrogen) atoms. The van der Waals surface area contributed by atoms with Gasteiger partial charge in [0.05, 0.1) is 7.11 Å². The van der Waals surface area contributed by atoms with E-state index in [4.69, 9.17) is 9.47 Å². The maximum atomic E-state index is 11.9. The number of hydrogen-bond donors (Lipinski definition) is 1. The van der Waals surface area contributed by atoms with Gasteiger partial charge in [-0.05, 0) is 41.7 Å². The Kier molecular flexibility index (Phi) is 7.21. The van der Waals surface area contributed by atoms with Crippen LogP contribution in [-0.2, 0) is 20.7 Å². The Balaban J connectivity index is 1.75. The molecule has 2 rings (SSSR count). The zero-order chi connectivity index (χ0) is 18.9. The number of para-hydroxylation sites is 1. The van der Waals surface area contributed by atoms with Crippen molar-refractivity contribution in [3.05, 3.63) is 59.7 Å². The Labute approximate surface area is 154 Å². The van der Waals surface area contributed by atoms with Crippen molar-refractivity contribution in [3.8, 4) is 5.75 Å². The first-order valence-electron chi connectivity index (χ1n) is 8.67. The van der Waals surface area contributed by atoms with Gasteiger partial charge in [-0.3, -0.25) is 9.59 Å². The maximum absolute atomic E-state index is 11.9. The molecule has 2 aromatic rings. The summed E-state index contributed by atoms with van der Waals surface area (Å²) in [7, 11) is 1.59. The fourth-order valence-electron chi connectivity index (χ4n) is 2.51. The molecule has 0 heterocycles. The summed E-state index contributed by atoms with van der Waals surface area (Å²) in [5, 5.41) is 2.72. The standard InChI is InChI=1S/C21H25NO4/c1-15(2)16-8-11-18(12-9-16)22-20(23)14-26-21(24)13-10-17-6-4-5-7-19(17)25-3/h4-9,11-12,15H,10,13-14H2,1-3H3,(H,22,23). The Morgan fingerprint density at radius 3 is 2.38 bits per heavy atom. The van der Waals surface area contributed by atoms with Gasteiger partial charge in [0.25, 0.3) is 5.91 Å². The lowest BCUT2D eigenvalue weighted by Gasteiger charge is -2.10. The van der Waals surface area contributed by atoms with Crippen LogP contribution >= 0.6 is 0 Å². The van der Waals surface area contributed by atoms with Crippen molar-refractivity contribution in [2.24, 2.45) is 0 Å². The van der Waals surface area contributed by atoms with Gasteiger partial charge in [0, 0.05) is 12.1 Å². The number of hydrogen-bond acceptors (Lipinski definition) is 4. The lowest BCUT2D eigenvalue weighted by molar-refractivity contribution is -0.147. The van der Waals surface area contributed by atoms with Gasteiger partial charge in [0.15, 0.2) is 6.61 Å². The number of carbonyl (C=O) groups excluding carboxylic acids is 2. The zero-order valence-corrected chi connectivity index (χ0v) is 15.5. The summed E-state index contributed by atoms with van der Waals surface area (Å²) in [5.74, 6) is 0.404. The second-order valence-electron chi connectivity index (χ2n) is 6.30. The molecule has 0 unspecified atom stereocenters. The predicted molar refractivity (Wildman–Crippen MR) is 101 cm³/mol. The number of rotatable bonds is 8. The third-order valence-electron chi connectivity index (χ3n) is 4.02. The van der Waals surface area contributed by atoms with E-state index in [1.54, 1.807) is 7.11 Å². The van der Waals surface area contributed by atoms with Crippen LogP contribution in [0.2, 0.25) is 0 Å². The van der Waals surface area contributed by atoms with Gasteiger partial charge < -0.3 is 14.8 Å². The van der Waals surface area contributed by atoms with Crippen LogP contribution in [-0.4, -0.2) is 25.6 Å². The largest absolute Gasteiger partial charge is 0.496 e. The third-order valence-corrected chi connectivity index (χ3v) is 4.02. The van der Waals surface area contributed by atoms with Crippen molar-refractivity contribution in [2.75, 3.05) is 19.0 Å². The average molecular weight is 355 g/mol. The predicted octanol–water partition coefficient (Wildman–Crippen LogP) is 3.93. The number of esters is 1. The molecule has 1 amide bonds. The van der Waals surface area contributed by atoms with E-state index in [0.29, 0.717) is 18.0 Å². The minimum absolute atomic E-state index is 0.191. The van der Waals surface area contributed by atoms with Gasteiger partial charge in [0.1, 0.15) is 5.75 Å². The highest BCUT2D eigenvalue weighted by Gasteiger charge is 2.10. The van der Waals surface area contributed by atoms with Crippen LogP contribution < -0.4 is 10.1 Å². The summed E-state index contributed by atoms with van der Waals surface area (Å²) in [6.07, 6.45) is 0.692. The molecule has 0 atom stereocenters. The third kappa shape index (κ3) is 5.92. The molecule has 0 aromatic heterocycles. The Hall–Kier alpha value is -2.82. The smallest absolute Gasteiger partial charge is 0.306 e. The van der Waals surface area contributed by atoms with Crippen LogP contribution in [0.25, 0.3) is 0 Å². The van der Waals surface area contributed by atoms with Crippen molar-refractivity contribution in [3.63, 3.8) is 0 Å². The summed E-state index contributed by atoms with van der Waals surface area (Å²) in [5.41, 5.74) is 2.82. The number of aryl methyl sites for hydroxylation is 1. The molecular formula is C21H25NO4. The normalized spacial score (nSPS) is 10.5. The molecule has 138 valence electrons. The topological polar surface area (TPSA) is 64.6 Å². The van der Waals surface area contributed by atoms with E-state index in [1.165, 1.54) is 5.56 Å². The van der Waals surface area contributed by atoms with Gasteiger partial charge in [-0.15, -0.1) is 0 Å². The van der Waals surface area contributed by atoms with E-state index in [-0.39, 0.29) is 18.9 Å². The highest BCUT2D eigenvalue weighted by molar-refractivity contribution is 5.92. The summed E-state index contributed by atoms with van der Waals surface area (Å²) in [6.45, 7) is 3.92. The Bertz CT molecular complexity index is 738. The lowest BCUT2D eigenvalue weighted by Crippen LogP contribution is -2.21. The Morgan fingerprint density at radius 2 is 1.73 bits per heavy atom.